The van der Waals surface area contributed by atoms with E-state index in [1.54, 1.807) is 0 Å². The summed E-state index contributed by atoms with van der Waals surface area (Å²) in [5.41, 5.74) is 1.34. The average molecular weight is 267 g/mol. The van der Waals surface area contributed by atoms with Crippen LogP contribution in [0.5, 0.6) is 0 Å². The summed E-state index contributed by atoms with van der Waals surface area (Å²) in [5.74, 6) is 0.308. The molecule has 1 aromatic rings. The predicted octanol–water partition coefficient (Wildman–Crippen LogP) is 3.05. The molecule has 1 saturated heterocycles. The smallest absolute Gasteiger partial charge is 0.0609 e. The molecule has 0 aromatic heterocycles. The normalized spacial score (nSPS) is 36.0. The van der Waals surface area contributed by atoms with Gasteiger partial charge in [-0.25, -0.2) is 0 Å². The zero-order chi connectivity index (χ0) is 12.5. The fraction of sp³-hybridized carbons (Fsp3) is 0.462. The standard InChI is InChI=1S/C13H18NOPS/c1-10-9-16(17,11(2)8-13(10)14-15)12-6-4-3-5-7-12/h3-7,10-11,15H,8-9H2,1-2H3. The molecule has 0 bridgehead atoms. The summed E-state index contributed by atoms with van der Waals surface area (Å²) in [6, 6.07) is 8.96. The van der Waals surface area contributed by atoms with Crippen LogP contribution in [0.3, 0.4) is 0 Å². The Labute approximate surface area is 108 Å². The van der Waals surface area contributed by atoms with Crippen LogP contribution in [0.4, 0.5) is 0 Å². The molecule has 17 heavy (non-hydrogen) atoms. The van der Waals surface area contributed by atoms with Crippen LogP contribution in [-0.2, 0) is 11.8 Å². The second-order valence-corrected chi connectivity index (χ2v) is 10.2. The first-order valence-electron chi connectivity index (χ1n) is 5.93. The predicted molar refractivity (Wildman–Crippen MR) is 77.7 cm³/mol. The van der Waals surface area contributed by atoms with Gasteiger partial charge in [0.1, 0.15) is 0 Å². The molecule has 0 spiro atoms. The summed E-state index contributed by atoms with van der Waals surface area (Å²) in [6.07, 6.45) is 1.82. The number of benzene rings is 1. The molecule has 4 heteroatoms. The minimum atomic E-state index is -1.52. The SMILES string of the molecule is CC1CP(=S)(c2ccccc2)C(C)CC1=NO. The first-order valence-corrected chi connectivity index (χ1v) is 8.98. The zero-order valence-electron chi connectivity index (χ0n) is 10.2. The number of rotatable bonds is 1. The van der Waals surface area contributed by atoms with Crippen molar-refractivity contribution in [2.45, 2.75) is 25.9 Å². The van der Waals surface area contributed by atoms with E-state index in [1.165, 1.54) is 5.30 Å². The highest BCUT2D eigenvalue weighted by Crippen LogP contribution is 2.55. The molecule has 0 aliphatic carbocycles. The van der Waals surface area contributed by atoms with Gasteiger partial charge >= 0.3 is 0 Å². The van der Waals surface area contributed by atoms with Gasteiger partial charge in [0, 0.05) is 5.92 Å². The molecule has 1 aliphatic heterocycles. The Morgan fingerprint density at radius 1 is 1.29 bits per heavy atom. The second kappa shape index (κ2) is 4.91. The van der Waals surface area contributed by atoms with E-state index in [9.17, 15) is 0 Å². The van der Waals surface area contributed by atoms with Crippen molar-refractivity contribution in [3.63, 3.8) is 0 Å². The van der Waals surface area contributed by atoms with Crippen LogP contribution in [0.1, 0.15) is 20.3 Å². The van der Waals surface area contributed by atoms with Crippen LogP contribution in [-0.4, -0.2) is 22.7 Å². The van der Waals surface area contributed by atoms with Gasteiger partial charge in [-0.2, -0.15) is 0 Å². The van der Waals surface area contributed by atoms with E-state index in [-0.39, 0.29) is 0 Å². The van der Waals surface area contributed by atoms with E-state index in [4.69, 9.17) is 17.0 Å². The molecular formula is C13H18NOPS. The van der Waals surface area contributed by atoms with Crippen molar-refractivity contribution >= 4 is 28.9 Å². The molecule has 1 heterocycles. The highest BCUT2D eigenvalue weighted by atomic mass is 32.4. The lowest BCUT2D eigenvalue weighted by Crippen LogP contribution is -2.32. The summed E-state index contributed by atoms with van der Waals surface area (Å²) in [6.45, 7) is 4.32. The van der Waals surface area contributed by atoms with Gasteiger partial charge in [-0.1, -0.05) is 61.1 Å². The summed E-state index contributed by atoms with van der Waals surface area (Å²) >= 11 is 6.00. The largest absolute Gasteiger partial charge is 0.411 e. The van der Waals surface area contributed by atoms with Gasteiger partial charge in [0.2, 0.25) is 0 Å². The topological polar surface area (TPSA) is 32.6 Å². The third-order valence-corrected chi connectivity index (χ3v) is 9.68. The van der Waals surface area contributed by atoms with Crippen LogP contribution < -0.4 is 5.30 Å². The summed E-state index contributed by atoms with van der Waals surface area (Å²) < 4.78 is 0. The van der Waals surface area contributed by atoms with Crippen LogP contribution in [0.25, 0.3) is 0 Å². The Bertz CT molecular complexity index is 472. The van der Waals surface area contributed by atoms with Crippen molar-refractivity contribution < 1.29 is 5.21 Å². The van der Waals surface area contributed by atoms with Crippen molar-refractivity contribution in [3.05, 3.63) is 30.3 Å². The highest BCUT2D eigenvalue weighted by Gasteiger charge is 2.36. The van der Waals surface area contributed by atoms with Crippen molar-refractivity contribution in [1.29, 1.82) is 0 Å². The van der Waals surface area contributed by atoms with E-state index in [0.29, 0.717) is 11.6 Å². The van der Waals surface area contributed by atoms with E-state index >= 15 is 0 Å². The third-order valence-electron chi connectivity index (χ3n) is 3.65. The van der Waals surface area contributed by atoms with Crippen LogP contribution in [0, 0.1) is 5.92 Å². The zero-order valence-corrected chi connectivity index (χ0v) is 11.9. The maximum Gasteiger partial charge on any atom is 0.0609 e. The van der Waals surface area contributed by atoms with Crippen LogP contribution in [0.2, 0.25) is 0 Å². The molecular weight excluding hydrogens is 249 g/mol. The van der Waals surface area contributed by atoms with Crippen molar-refractivity contribution in [3.8, 4) is 0 Å². The van der Waals surface area contributed by atoms with E-state index < -0.39 is 6.04 Å². The molecule has 1 aromatic carbocycles. The Morgan fingerprint density at radius 2 is 1.94 bits per heavy atom. The van der Waals surface area contributed by atoms with E-state index in [2.05, 4.69) is 43.3 Å². The molecule has 92 valence electrons. The first-order chi connectivity index (χ1) is 8.08. The van der Waals surface area contributed by atoms with E-state index in [1.807, 2.05) is 6.07 Å². The maximum atomic E-state index is 8.99. The quantitative estimate of drug-likeness (QED) is 0.482. The first kappa shape index (κ1) is 12.8. The van der Waals surface area contributed by atoms with Gasteiger partial charge in [0.15, 0.2) is 0 Å². The summed E-state index contributed by atoms with van der Waals surface area (Å²) in [4.78, 5) is 0. The van der Waals surface area contributed by atoms with Crippen LogP contribution >= 0.6 is 6.04 Å². The lowest BCUT2D eigenvalue weighted by Gasteiger charge is -2.37. The minimum absolute atomic E-state index is 0.308. The molecule has 3 atom stereocenters. The Kier molecular flexibility index (Phi) is 3.70. The van der Waals surface area contributed by atoms with Gasteiger partial charge < -0.3 is 5.21 Å². The molecule has 2 rings (SSSR count). The van der Waals surface area contributed by atoms with Gasteiger partial charge in [-0.15, -0.1) is 0 Å². The number of oxime groups is 1. The molecule has 1 fully saturated rings. The molecule has 0 radical (unpaired) electrons. The Morgan fingerprint density at radius 3 is 2.53 bits per heavy atom. The molecule has 0 saturated carbocycles. The average Bonchev–Trinajstić information content (AvgIpc) is 2.35. The Hall–Kier alpha value is -0.660. The molecule has 2 nitrogen and oxygen atoms in total. The third kappa shape index (κ3) is 2.31. The molecule has 1 aliphatic rings. The van der Waals surface area contributed by atoms with Gasteiger partial charge in [0.05, 0.1) is 5.71 Å². The second-order valence-electron chi connectivity index (χ2n) is 4.86. The fourth-order valence-corrected chi connectivity index (χ4v) is 7.05. The highest BCUT2D eigenvalue weighted by molar-refractivity contribution is 8.18. The minimum Gasteiger partial charge on any atom is -0.411 e. The number of nitrogens with zero attached hydrogens (tertiary/aromatic N) is 1. The Balaban J connectivity index is 2.37. The lowest BCUT2D eigenvalue weighted by atomic mass is 10.0. The van der Waals surface area contributed by atoms with Gasteiger partial charge in [-0.05, 0) is 29.6 Å². The van der Waals surface area contributed by atoms with Gasteiger partial charge in [-0.3, -0.25) is 0 Å². The molecule has 1 N–H and O–H groups in total. The van der Waals surface area contributed by atoms with Crippen molar-refractivity contribution in [2.24, 2.45) is 11.1 Å². The van der Waals surface area contributed by atoms with E-state index in [0.717, 1.165) is 18.3 Å². The lowest BCUT2D eigenvalue weighted by molar-refractivity contribution is 0.314. The van der Waals surface area contributed by atoms with Crippen molar-refractivity contribution in [2.75, 3.05) is 6.16 Å². The number of hydrogen-bond donors (Lipinski definition) is 1. The molecule has 0 amide bonds. The van der Waals surface area contributed by atoms with Crippen LogP contribution in [0.15, 0.2) is 35.5 Å². The summed E-state index contributed by atoms with van der Waals surface area (Å²) in [5, 5.41) is 13.7. The molecule has 3 unspecified atom stereocenters. The van der Waals surface area contributed by atoms with Crippen molar-refractivity contribution in [1.82, 2.24) is 0 Å². The monoisotopic (exact) mass is 267 g/mol. The fourth-order valence-electron chi connectivity index (χ4n) is 2.52. The van der Waals surface area contributed by atoms with Gasteiger partial charge in [0.25, 0.3) is 0 Å². The number of hydrogen-bond acceptors (Lipinski definition) is 3. The summed E-state index contributed by atoms with van der Waals surface area (Å²) in [7, 11) is 0. The maximum absolute atomic E-state index is 8.99.